The zero-order valence-corrected chi connectivity index (χ0v) is 35.3. The summed E-state index contributed by atoms with van der Waals surface area (Å²) in [6.07, 6.45) is -1.56. The highest BCUT2D eigenvalue weighted by Gasteiger charge is 2.28. The number of esters is 1. The Morgan fingerprint density at radius 1 is 0.525 bits per heavy atom. The predicted molar refractivity (Wildman–Crippen MR) is 214 cm³/mol. The largest absolute Gasteiger partial charge is 0.474 e. The van der Waals surface area contributed by atoms with Crippen LogP contribution in [0.1, 0.15) is 66.5 Å². The first kappa shape index (κ1) is 51.8. The summed E-state index contributed by atoms with van der Waals surface area (Å²) in [5, 5.41) is 17.7. The van der Waals surface area contributed by atoms with E-state index in [4.69, 9.17) is 14.6 Å². The maximum absolute atomic E-state index is 12.5. The summed E-state index contributed by atoms with van der Waals surface area (Å²) in [5.41, 5.74) is 8.43. The van der Waals surface area contributed by atoms with Crippen molar-refractivity contribution in [3.05, 3.63) is 71.8 Å². The molecular formula is C39H54N8O14. The summed E-state index contributed by atoms with van der Waals surface area (Å²) in [7, 11) is 1.04. The minimum Gasteiger partial charge on any atom is -0.474 e. The van der Waals surface area contributed by atoms with Gasteiger partial charge in [0.15, 0.2) is 0 Å². The van der Waals surface area contributed by atoms with Crippen molar-refractivity contribution in [3.63, 3.8) is 0 Å². The zero-order valence-electron chi connectivity index (χ0n) is 35.3. The second-order valence-electron chi connectivity index (χ2n) is 14.9. The SMILES string of the molecule is COC(=O)C(=O)N[C@@H](Cc1ccccc1)C(=O)NNC(=O)[C@H](C)NC(=O)OC(C)(C)C.C[C@H](NC(=O)OC(C)(C)C)C(=O)NNC(=O)[C@H](Cc1ccccc1)NC(=O)C(=O)O. The number of nitrogens with one attached hydrogen (secondary N) is 8. The van der Waals surface area contributed by atoms with Crippen LogP contribution >= 0.6 is 0 Å². The van der Waals surface area contributed by atoms with E-state index in [2.05, 4.69) is 47.7 Å². The molecule has 0 heterocycles. The molecule has 0 radical (unpaired) electrons. The molecule has 0 spiro atoms. The number of rotatable bonds is 12. The van der Waals surface area contributed by atoms with Gasteiger partial charge < -0.3 is 40.6 Å². The van der Waals surface area contributed by atoms with Crippen LogP contribution in [-0.2, 0) is 65.4 Å². The molecule has 8 amide bonds. The molecule has 4 atom stereocenters. The van der Waals surface area contributed by atoms with Gasteiger partial charge in [-0.15, -0.1) is 0 Å². The van der Waals surface area contributed by atoms with Crippen LogP contribution < -0.4 is 43.0 Å². The van der Waals surface area contributed by atoms with Gasteiger partial charge in [0, 0.05) is 12.8 Å². The fourth-order valence-electron chi connectivity index (χ4n) is 4.38. The van der Waals surface area contributed by atoms with E-state index in [-0.39, 0.29) is 12.8 Å². The summed E-state index contributed by atoms with van der Waals surface area (Å²) in [6, 6.07) is 12.8. The molecule has 2 aromatic rings. The van der Waals surface area contributed by atoms with Crippen molar-refractivity contribution in [3.8, 4) is 0 Å². The van der Waals surface area contributed by atoms with Crippen molar-refractivity contribution in [1.82, 2.24) is 43.0 Å². The lowest BCUT2D eigenvalue weighted by atomic mass is 10.1. The molecule has 22 heteroatoms. The summed E-state index contributed by atoms with van der Waals surface area (Å²) in [6.45, 7) is 12.8. The molecule has 0 saturated heterocycles. The first-order chi connectivity index (χ1) is 28.3. The molecule has 22 nitrogen and oxygen atoms in total. The first-order valence-corrected chi connectivity index (χ1v) is 18.5. The third kappa shape index (κ3) is 21.9. The average molecular weight is 859 g/mol. The number of alkyl carbamates (subject to hydrolysis) is 2. The predicted octanol–water partition coefficient (Wildman–Crippen LogP) is -0.193. The summed E-state index contributed by atoms with van der Waals surface area (Å²) < 4.78 is 14.4. The fraction of sp³-hybridized carbons (Fsp3) is 0.436. The number of hydrogen-bond acceptors (Lipinski definition) is 13. The van der Waals surface area contributed by atoms with Gasteiger partial charge >= 0.3 is 35.9 Å². The van der Waals surface area contributed by atoms with Crippen LogP contribution in [0.15, 0.2) is 60.7 Å². The van der Waals surface area contributed by atoms with E-state index in [0.717, 1.165) is 7.11 Å². The van der Waals surface area contributed by atoms with Crippen molar-refractivity contribution in [2.75, 3.05) is 7.11 Å². The third-order valence-electron chi connectivity index (χ3n) is 7.24. The molecule has 0 bridgehead atoms. The summed E-state index contributed by atoms with van der Waals surface area (Å²) in [5.74, 6) is -8.48. The van der Waals surface area contributed by atoms with Crippen LogP contribution in [0, 0.1) is 0 Å². The number of carbonyl (C=O) groups is 10. The van der Waals surface area contributed by atoms with E-state index in [1.165, 1.54) is 13.8 Å². The number of carbonyl (C=O) groups excluding carboxylic acids is 9. The molecule has 0 aromatic heterocycles. The topological polar surface area (TPSA) is 315 Å². The smallest absolute Gasteiger partial charge is 0.408 e. The Labute approximate surface area is 351 Å². The van der Waals surface area contributed by atoms with Gasteiger partial charge in [-0.2, -0.15) is 0 Å². The second-order valence-corrected chi connectivity index (χ2v) is 14.9. The number of ether oxygens (including phenoxy) is 3. The molecule has 61 heavy (non-hydrogen) atoms. The average Bonchev–Trinajstić information content (AvgIpc) is 3.17. The van der Waals surface area contributed by atoms with Crippen LogP contribution in [0.2, 0.25) is 0 Å². The standard InChI is InChI=1S/C20H28N4O7.C19H26N4O7/c1-12(21-19(29)31-20(2,3)4)15(25)23-24-16(26)14(22-17(27)18(28)30-5)11-13-9-7-6-8-10-13;1-11(20-18(29)30-19(2,3)4)14(24)22-23-15(25)13(21-16(26)17(27)28)10-12-8-6-5-7-9-12/h6-10,12,14H,11H2,1-5H3,(H,21,29)(H,22,27)(H,23,25)(H,24,26);5-9,11,13H,10H2,1-4H3,(H,20,29)(H,21,26)(H,22,24)(H,23,25)(H,27,28)/t12-,14-;11-,13-/m00/s1. The van der Waals surface area contributed by atoms with Crippen LogP contribution in [0.4, 0.5) is 9.59 Å². The molecule has 2 rings (SSSR count). The van der Waals surface area contributed by atoms with Crippen molar-refractivity contribution < 1.29 is 67.3 Å². The molecule has 334 valence electrons. The van der Waals surface area contributed by atoms with Crippen molar-refractivity contribution in [2.45, 2.75) is 104 Å². The van der Waals surface area contributed by atoms with Gasteiger partial charge in [0.05, 0.1) is 7.11 Å². The van der Waals surface area contributed by atoms with Crippen LogP contribution in [0.5, 0.6) is 0 Å². The van der Waals surface area contributed by atoms with Crippen LogP contribution in [-0.4, -0.2) is 107 Å². The first-order valence-electron chi connectivity index (χ1n) is 18.5. The summed E-state index contributed by atoms with van der Waals surface area (Å²) >= 11 is 0. The van der Waals surface area contributed by atoms with E-state index < -0.39 is 94.9 Å². The normalized spacial score (nSPS) is 12.6. The molecule has 0 saturated carbocycles. The van der Waals surface area contributed by atoms with Crippen LogP contribution in [0.3, 0.4) is 0 Å². The molecule has 2 aromatic carbocycles. The van der Waals surface area contributed by atoms with Crippen molar-refractivity contribution in [1.29, 1.82) is 0 Å². The lowest BCUT2D eigenvalue weighted by Crippen LogP contribution is -2.57. The number of benzene rings is 2. The van der Waals surface area contributed by atoms with E-state index in [1.54, 1.807) is 102 Å². The molecule has 0 aliphatic rings. The quantitative estimate of drug-likeness (QED) is 0.0579. The van der Waals surface area contributed by atoms with E-state index in [1.807, 2.05) is 0 Å². The number of hydrogen-bond donors (Lipinski definition) is 9. The Bertz CT molecular complexity index is 1860. The Kier molecular flexibility index (Phi) is 20.9. The van der Waals surface area contributed by atoms with Gasteiger partial charge in [-0.3, -0.25) is 50.5 Å². The maximum Gasteiger partial charge on any atom is 0.408 e. The minimum absolute atomic E-state index is 0.00667. The van der Waals surface area contributed by atoms with Crippen molar-refractivity contribution >= 4 is 59.6 Å². The molecule has 0 fully saturated rings. The highest BCUT2D eigenvalue weighted by atomic mass is 16.6. The number of aliphatic carboxylic acids is 1. The second kappa shape index (κ2) is 24.6. The van der Waals surface area contributed by atoms with Gasteiger partial charge in [-0.25, -0.2) is 19.2 Å². The van der Waals surface area contributed by atoms with Gasteiger partial charge in [-0.05, 0) is 66.5 Å². The van der Waals surface area contributed by atoms with Gasteiger partial charge in [0.2, 0.25) is 0 Å². The Morgan fingerprint density at radius 3 is 1.16 bits per heavy atom. The number of methoxy groups -OCH3 is 1. The molecular weight excluding hydrogens is 804 g/mol. The number of hydrazine groups is 2. The van der Waals surface area contributed by atoms with Crippen LogP contribution in [0.25, 0.3) is 0 Å². The van der Waals surface area contributed by atoms with Gasteiger partial charge in [-0.1, -0.05) is 60.7 Å². The number of carboxylic acids is 1. The van der Waals surface area contributed by atoms with Gasteiger partial charge in [0.1, 0.15) is 35.4 Å². The molecule has 0 aliphatic heterocycles. The minimum atomic E-state index is -1.75. The van der Waals surface area contributed by atoms with E-state index in [9.17, 15) is 47.9 Å². The Hall–Kier alpha value is -7.26. The molecule has 0 unspecified atom stereocenters. The fourth-order valence-corrected chi connectivity index (χ4v) is 4.38. The highest BCUT2D eigenvalue weighted by molar-refractivity contribution is 6.33. The lowest BCUT2D eigenvalue weighted by Gasteiger charge is -2.22. The third-order valence-corrected chi connectivity index (χ3v) is 7.24. The maximum atomic E-state index is 12.5. The van der Waals surface area contributed by atoms with Crippen molar-refractivity contribution in [2.24, 2.45) is 0 Å². The highest BCUT2D eigenvalue weighted by Crippen LogP contribution is 2.08. The lowest BCUT2D eigenvalue weighted by molar-refractivity contribution is -0.153. The summed E-state index contributed by atoms with van der Waals surface area (Å²) in [4.78, 5) is 118. The van der Waals surface area contributed by atoms with E-state index >= 15 is 0 Å². The van der Waals surface area contributed by atoms with E-state index in [0.29, 0.717) is 11.1 Å². The molecule has 9 N–H and O–H groups in total. The zero-order chi connectivity index (χ0) is 46.5. The van der Waals surface area contributed by atoms with Gasteiger partial charge in [0.25, 0.3) is 23.6 Å². The Balaban J connectivity index is 0.000000610. The monoisotopic (exact) mass is 858 g/mol. The Morgan fingerprint density at radius 2 is 0.852 bits per heavy atom. The number of carboxylic acid groups (broad SMARTS) is 1. The molecule has 0 aliphatic carbocycles. The number of amides is 8.